The third kappa shape index (κ3) is 3.53. The van der Waals surface area contributed by atoms with E-state index in [9.17, 15) is 0 Å². The van der Waals surface area contributed by atoms with Crippen LogP contribution in [0.3, 0.4) is 0 Å². The molecule has 0 saturated carbocycles. The summed E-state index contributed by atoms with van der Waals surface area (Å²) in [4.78, 5) is 6.31. The molecule has 3 heteroatoms. The Morgan fingerprint density at radius 3 is 2.69 bits per heavy atom. The van der Waals surface area contributed by atoms with Crippen molar-refractivity contribution in [3.05, 3.63) is 24.4 Å². The molecular formula is C10H17N3. The Balaban J connectivity index is 2.40. The average Bonchev–Trinajstić information content (AvgIpc) is 2.19. The molecule has 1 fully saturated rings. The molecule has 0 unspecified atom stereocenters. The molecule has 0 bridgehead atoms. The van der Waals surface area contributed by atoms with Crippen LogP contribution in [0.4, 0.5) is 0 Å². The van der Waals surface area contributed by atoms with Gasteiger partial charge in [-0.2, -0.15) is 0 Å². The molecule has 13 heavy (non-hydrogen) atoms. The van der Waals surface area contributed by atoms with Crippen molar-refractivity contribution < 1.29 is 0 Å². The first kappa shape index (κ1) is 10.2. The van der Waals surface area contributed by atoms with E-state index in [0.717, 1.165) is 38.4 Å². The fraction of sp³-hybridized carbons (Fsp3) is 0.500. The van der Waals surface area contributed by atoms with Gasteiger partial charge >= 0.3 is 0 Å². The Morgan fingerprint density at radius 1 is 1.46 bits per heavy atom. The summed E-state index contributed by atoms with van der Waals surface area (Å²) in [5.41, 5.74) is 0.997. The molecule has 72 valence electrons. The van der Waals surface area contributed by atoms with E-state index in [1.807, 2.05) is 6.08 Å². The van der Waals surface area contributed by atoms with Crippen LogP contribution in [0.25, 0.3) is 0 Å². The van der Waals surface area contributed by atoms with Crippen LogP contribution in [0.5, 0.6) is 0 Å². The van der Waals surface area contributed by atoms with Crippen molar-refractivity contribution in [2.24, 2.45) is 4.99 Å². The Bertz CT molecular complexity index is 202. The molecule has 1 aliphatic heterocycles. The molecule has 1 aliphatic rings. The standard InChI is InChI=1S/C10H17N3/c1-3-4-10(11-2)9-13-7-5-12-6-8-13/h3-4,12H,1-2,5-9H2/b10-4-. The molecule has 1 rings (SSSR count). The molecule has 1 saturated heterocycles. The van der Waals surface area contributed by atoms with E-state index in [-0.39, 0.29) is 0 Å². The first-order chi connectivity index (χ1) is 6.36. The molecule has 0 atom stereocenters. The van der Waals surface area contributed by atoms with Gasteiger partial charge in [-0.1, -0.05) is 12.7 Å². The molecule has 0 spiro atoms. The van der Waals surface area contributed by atoms with Crippen LogP contribution in [0.2, 0.25) is 0 Å². The monoisotopic (exact) mass is 179 g/mol. The van der Waals surface area contributed by atoms with E-state index in [0.29, 0.717) is 0 Å². The van der Waals surface area contributed by atoms with Gasteiger partial charge < -0.3 is 5.32 Å². The second-order valence-electron chi connectivity index (χ2n) is 3.08. The van der Waals surface area contributed by atoms with Crippen LogP contribution in [-0.4, -0.2) is 44.3 Å². The number of nitrogens with one attached hydrogen (secondary N) is 1. The van der Waals surface area contributed by atoms with E-state index >= 15 is 0 Å². The van der Waals surface area contributed by atoms with Crippen LogP contribution < -0.4 is 5.32 Å². The van der Waals surface area contributed by atoms with Crippen molar-refractivity contribution in [3.63, 3.8) is 0 Å². The summed E-state index contributed by atoms with van der Waals surface area (Å²) < 4.78 is 0. The van der Waals surface area contributed by atoms with Crippen molar-refractivity contribution in [1.29, 1.82) is 0 Å². The summed E-state index contributed by atoms with van der Waals surface area (Å²) in [6.07, 6.45) is 3.67. The van der Waals surface area contributed by atoms with Crippen molar-refractivity contribution in [3.8, 4) is 0 Å². The number of hydrogen-bond acceptors (Lipinski definition) is 3. The maximum atomic E-state index is 3.95. The smallest absolute Gasteiger partial charge is 0.0536 e. The normalized spacial score (nSPS) is 19.8. The molecule has 0 aromatic rings. The first-order valence-electron chi connectivity index (χ1n) is 4.58. The molecule has 3 nitrogen and oxygen atoms in total. The average molecular weight is 179 g/mol. The van der Waals surface area contributed by atoms with Gasteiger partial charge in [-0.05, 0) is 12.8 Å². The largest absolute Gasteiger partial charge is 0.314 e. The number of aliphatic imine (C=N–C) groups is 1. The zero-order valence-electron chi connectivity index (χ0n) is 8.00. The van der Waals surface area contributed by atoms with E-state index in [4.69, 9.17) is 0 Å². The Morgan fingerprint density at radius 2 is 2.15 bits per heavy atom. The number of piperazine rings is 1. The Hall–Kier alpha value is -0.930. The number of rotatable bonds is 4. The van der Waals surface area contributed by atoms with Gasteiger partial charge in [0.1, 0.15) is 0 Å². The predicted octanol–water partition coefficient (Wildman–Crippen LogP) is 0.662. The lowest BCUT2D eigenvalue weighted by molar-refractivity contribution is 0.259. The summed E-state index contributed by atoms with van der Waals surface area (Å²) in [6.45, 7) is 12.4. The van der Waals surface area contributed by atoms with Crippen molar-refractivity contribution in [2.75, 3.05) is 32.7 Å². The zero-order valence-corrected chi connectivity index (χ0v) is 8.00. The second kappa shape index (κ2) is 5.67. The predicted molar refractivity (Wildman–Crippen MR) is 57.1 cm³/mol. The molecule has 1 N–H and O–H groups in total. The van der Waals surface area contributed by atoms with Crippen molar-refractivity contribution >= 4 is 6.72 Å². The molecule has 0 radical (unpaired) electrons. The summed E-state index contributed by atoms with van der Waals surface area (Å²) in [5.74, 6) is 0. The zero-order chi connectivity index (χ0) is 9.52. The maximum Gasteiger partial charge on any atom is 0.0536 e. The van der Waals surface area contributed by atoms with Crippen LogP contribution in [0, 0.1) is 0 Å². The first-order valence-corrected chi connectivity index (χ1v) is 4.58. The third-order valence-electron chi connectivity index (χ3n) is 2.11. The van der Waals surface area contributed by atoms with Gasteiger partial charge in [-0.25, -0.2) is 0 Å². The molecular weight excluding hydrogens is 162 g/mol. The lowest BCUT2D eigenvalue weighted by atomic mass is 10.3. The van der Waals surface area contributed by atoms with Gasteiger partial charge in [0.2, 0.25) is 0 Å². The van der Waals surface area contributed by atoms with Gasteiger partial charge in [0.05, 0.1) is 5.70 Å². The van der Waals surface area contributed by atoms with E-state index < -0.39 is 0 Å². The molecule has 0 aliphatic carbocycles. The fourth-order valence-corrected chi connectivity index (χ4v) is 1.39. The topological polar surface area (TPSA) is 27.6 Å². The minimum atomic E-state index is 0.886. The lowest BCUT2D eigenvalue weighted by Crippen LogP contribution is -2.44. The van der Waals surface area contributed by atoms with Gasteiger partial charge in [0.25, 0.3) is 0 Å². The maximum absolute atomic E-state index is 3.95. The van der Waals surface area contributed by atoms with E-state index in [1.54, 1.807) is 6.08 Å². The highest BCUT2D eigenvalue weighted by atomic mass is 15.2. The SMILES string of the molecule is C=C/C=C(/CN1CCNCC1)N=C. The van der Waals surface area contributed by atoms with Gasteiger partial charge in [0.15, 0.2) is 0 Å². The van der Waals surface area contributed by atoms with Crippen molar-refractivity contribution in [1.82, 2.24) is 10.2 Å². The van der Waals surface area contributed by atoms with Crippen LogP contribution in [-0.2, 0) is 0 Å². The second-order valence-corrected chi connectivity index (χ2v) is 3.08. The summed E-state index contributed by atoms with van der Waals surface area (Å²) in [5, 5.41) is 3.31. The van der Waals surface area contributed by atoms with Crippen LogP contribution in [0.1, 0.15) is 0 Å². The molecule has 0 aromatic carbocycles. The number of nitrogens with zero attached hydrogens (tertiary/aromatic N) is 2. The summed E-state index contributed by atoms with van der Waals surface area (Å²) >= 11 is 0. The minimum absolute atomic E-state index is 0.886. The Kier molecular flexibility index (Phi) is 4.43. The molecule has 1 heterocycles. The van der Waals surface area contributed by atoms with Crippen LogP contribution >= 0.6 is 0 Å². The van der Waals surface area contributed by atoms with Crippen LogP contribution in [0.15, 0.2) is 29.4 Å². The number of allylic oxidation sites excluding steroid dienone is 2. The highest BCUT2D eigenvalue weighted by molar-refractivity contribution is 5.30. The highest BCUT2D eigenvalue weighted by Gasteiger charge is 2.09. The lowest BCUT2D eigenvalue weighted by Gasteiger charge is -2.26. The summed E-state index contributed by atoms with van der Waals surface area (Å²) in [6, 6.07) is 0. The van der Waals surface area contributed by atoms with E-state index in [2.05, 4.69) is 28.5 Å². The minimum Gasteiger partial charge on any atom is -0.314 e. The Labute approximate surface area is 79.8 Å². The van der Waals surface area contributed by atoms with E-state index in [1.165, 1.54) is 0 Å². The van der Waals surface area contributed by atoms with Gasteiger partial charge in [-0.3, -0.25) is 9.89 Å². The van der Waals surface area contributed by atoms with Gasteiger partial charge in [-0.15, -0.1) is 0 Å². The third-order valence-corrected chi connectivity index (χ3v) is 2.11. The fourth-order valence-electron chi connectivity index (χ4n) is 1.39. The van der Waals surface area contributed by atoms with Crippen molar-refractivity contribution in [2.45, 2.75) is 0 Å². The number of hydrogen-bond donors (Lipinski definition) is 1. The quantitative estimate of drug-likeness (QED) is 0.507. The molecule has 0 amide bonds. The van der Waals surface area contributed by atoms with Gasteiger partial charge in [0, 0.05) is 32.7 Å². The highest BCUT2D eigenvalue weighted by Crippen LogP contribution is 2.01. The molecule has 0 aromatic heterocycles. The summed E-state index contributed by atoms with van der Waals surface area (Å²) in [7, 11) is 0.